The molecule has 1 heterocycles. The van der Waals surface area contributed by atoms with Crippen LogP contribution in [0.15, 0.2) is 52.1 Å². The van der Waals surface area contributed by atoms with Gasteiger partial charge in [-0.25, -0.2) is 4.79 Å². The summed E-state index contributed by atoms with van der Waals surface area (Å²) < 4.78 is 9.64. The van der Waals surface area contributed by atoms with E-state index in [0.717, 1.165) is 0 Å². The van der Waals surface area contributed by atoms with Gasteiger partial charge in [0.25, 0.3) is 0 Å². The molecule has 2 aromatic rings. The summed E-state index contributed by atoms with van der Waals surface area (Å²) in [6, 6.07) is 10.8. The Kier molecular flexibility index (Phi) is 5.05. The first-order valence-corrected chi connectivity index (χ1v) is 6.42. The number of anilines is 1. The quantitative estimate of drug-likeness (QED) is 0.673. The number of aliphatic imine (C=N–C) groups is 1. The fourth-order valence-corrected chi connectivity index (χ4v) is 1.68. The third kappa shape index (κ3) is 4.43. The predicted molar refractivity (Wildman–Crippen MR) is 84.2 cm³/mol. The molecule has 0 aliphatic heterocycles. The fraction of sp³-hybridized carbons (Fsp3) is 0.0714. The molecule has 1 aromatic carbocycles. The van der Waals surface area contributed by atoms with E-state index in [0.29, 0.717) is 17.1 Å². The number of furan rings is 1. The Morgan fingerprint density at radius 3 is 2.86 bits per heavy atom. The minimum Gasteiger partial charge on any atom is -0.463 e. The highest BCUT2D eigenvalue weighted by Gasteiger charge is 2.06. The third-order valence-corrected chi connectivity index (χ3v) is 2.63. The lowest BCUT2D eigenvalue weighted by molar-refractivity contribution is 0.177. The van der Waals surface area contributed by atoms with Gasteiger partial charge in [-0.1, -0.05) is 12.1 Å². The molecule has 0 fully saturated rings. The fourth-order valence-electron chi connectivity index (χ4n) is 1.49. The first-order valence-electron chi connectivity index (χ1n) is 6.01. The van der Waals surface area contributed by atoms with E-state index in [2.05, 4.69) is 20.4 Å². The number of carbonyl (C=O) groups is 1. The van der Waals surface area contributed by atoms with Crippen molar-refractivity contribution in [2.75, 3.05) is 12.4 Å². The van der Waals surface area contributed by atoms with Crippen molar-refractivity contribution in [3.63, 3.8) is 0 Å². The Bertz CT molecular complexity index is 653. The molecule has 0 saturated heterocycles. The summed E-state index contributed by atoms with van der Waals surface area (Å²) in [5.74, 6) is 0.639. The van der Waals surface area contributed by atoms with Crippen LogP contribution in [0.3, 0.4) is 0 Å². The molecule has 0 spiro atoms. The van der Waals surface area contributed by atoms with Crippen LogP contribution >= 0.6 is 12.2 Å². The summed E-state index contributed by atoms with van der Waals surface area (Å²) in [6.45, 7) is 0. The van der Waals surface area contributed by atoms with Crippen molar-refractivity contribution in [1.82, 2.24) is 5.32 Å². The normalized spacial score (nSPS) is 10.3. The molecule has 6 nitrogen and oxygen atoms in total. The van der Waals surface area contributed by atoms with Gasteiger partial charge in [-0.2, -0.15) is 0 Å². The van der Waals surface area contributed by atoms with Crippen LogP contribution in [0, 0.1) is 0 Å². The lowest BCUT2D eigenvalue weighted by Crippen LogP contribution is -2.33. The minimum atomic E-state index is -0.635. The Hall–Kier alpha value is -2.67. The first-order chi connectivity index (χ1) is 10.2. The number of rotatable bonds is 3. The van der Waals surface area contributed by atoms with E-state index in [1.807, 2.05) is 18.2 Å². The van der Waals surface area contributed by atoms with Crippen LogP contribution in [0.2, 0.25) is 0 Å². The summed E-state index contributed by atoms with van der Waals surface area (Å²) in [7, 11) is 1.26. The highest BCUT2D eigenvalue weighted by atomic mass is 32.1. The molecule has 0 radical (unpaired) electrons. The number of benzene rings is 1. The van der Waals surface area contributed by atoms with E-state index in [4.69, 9.17) is 16.6 Å². The minimum absolute atomic E-state index is 0.127. The molecule has 0 unspecified atom stereocenters. The summed E-state index contributed by atoms with van der Waals surface area (Å²) in [5.41, 5.74) is 1.31. The summed E-state index contributed by atoms with van der Waals surface area (Å²) >= 11 is 5.01. The zero-order valence-electron chi connectivity index (χ0n) is 11.2. The van der Waals surface area contributed by atoms with Crippen molar-refractivity contribution in [3.05, 3.63) is 48.4 Å². The molecular weight excluding hydrogens is 290 g/mol. The standard InChI is InChI=1S/C14H13N3O3S/c1-19-14(18)17-13(21)16-12-7-3-2-6-11(12)15-9-10-5-4-8-20-10/h2-9H,1H3,(H2,16,17,18,21)/b15-9+. The Labute approximate surface area is 126 Å². The number of para-hydroxylation sites is 2. The summed E-state index contributed by atoms with van der Waals surface area (Å²) in [5, 5.41) is 5.37. The molecule has 108 valence electrons. The second-order valence-corrected chi connectivity index (χ2v) is 4.27. The number of thiocarbonyl (C=S) groups is 1. The van der Waals surface area contributed by atoms with Crippen molar-refractivity contribution in [2.45, 2.75) is 0 Å². The number of carbonyl (C=O) groups excluding carboxylic acids is 1. The molecule has 2 rings (SSSR count). The van der Waals surface area contributed by atoms with Crippen LogP contribution in [-0.4, -0.2) is 24.5 Å². The number of hydrogen-bond donors (Lipinski definition) is 2. The van der Waals surface area contributed by atoms with E-state index < -0.39 is 6.09 Å². The van der Waals surface area contributed by atoms with Crippen LogP contribution in [0.4, 0.5) is 16.2 Å². The maximum Gasteiger partial charge on any atom is 0.413 e. The van der Waals surface area contributed by atoms with Crippen molar-refractivity contribution in [1.29, 1.82) is 0 Å². The number of amides is 1. The largest absolute Gasteiger partial charge is 0.463 e. The SMILES string of the molecule is COC(=O)NC(=S)Nc1ccccc1/N=C/c1ccco1. The zero-order valence-corrected chi connectivity index (χ0v) is 12.0. The van der Waals surface area contributed by atoms with E-state index >= 15 is 0 Å². The van der Waals surface area contributed by atoms with Gasteiger partial charge in [-0.15, -0.1) is 0 Å². The van der Waals surface area contributed by atoms with Gasteiger partial charge in [0.1, 0.15) is 5.76 Å². The molecule has 7 heteroatoms. The monoisotopic (exact) mass is 303 g/mol. The number of nitrogens with one attached hydrogen (secondary N) is 2. The topological polar surface area (TPSA) is 75.9 Å². The molecular formula is C14H13N3O3S. The van der Waals surface area contributed by atoms with Crippen LogP contribution in [0.5, 0.6) is 0 Å². The number of nitrogens with zero attached hydrogens (tertiary/aromatic N) is 1. The Morgan fingerprint density at radius 2 is 2.14 bits per heavy atom. The van der Waals surface area contributed by atoms with Gasteiger partial charge in [-0.05, 0) is 36.5 Å². The van der Waals surface area contributed by atoms with Gasteiger partial charge in [0.05, 0.1) is 31.0 Å². The molecule has 0 atom stereocenters. The summed E-state index contributed by atoms with van der Waals surface area (Å²) in [4.78, 5) is 15.4. The van der Waals surface area contributed by atoms with Crippen molar-refractivity contribution >= 4 is 41.0 Å². The van der Waals surface area contributed by atoms with Gasteiger partial charge in [0, 0.05) is 0 Å². The molecule has 1 aromatic heterocycles. The maximum absolute atomic E-state index is 11.1. The van der Waals surface area contributed by atoms with Gasteiger partial charge in [0.15, 0.2) is 5.11 Å². The molecule has 0 saturated carbocycles. The van der Waals surface area contributed by atoms with Crippen LogP contribution in [0.1, 0.15) is 5.76 Å². The van der Waals surface area contributed by atoms with E-state index in [1.165, 1.54) is 7.11 Å². The zero-order chi connectivity index (χ0) is 15.1. The molecule has 0 bridgehead atoms. The van der Waals surface area contributed by atoms with Crippen LogP contribution in [0.25, 0.3) is 0 Å². The summed E-state index contributed by atoms with van der Waals surface area (Å²) in [6.07, 6.45) is 2.53. The highest BCUT2D eigenvalue weighted by molar-refractivity contribution is 7.80. The molecule has 1 amide bonds. The number of hydrogen-bond acceptors (Lipinski definition) is 5. The smallest absolute Gasteiger partial charge is 0.413 e. The Balaban J connectivity index is 2.10. The lowest BCUT2D eigenvalue weighted by atomic mass is 10.2. The first kappa shape index (κ1) is 14.7. The third-order valence-electron chi connectivity index (χ3n) is 2.43. The van der Waals surface area contributed by atoms with Gasteiger partial charge in [-0.3, -0.25) is 10.3 Å². The van der Waals surface area contributed by atoms with Crippen molar-refractivity contribution in [2.24, 2.45) is 4.99 Å². The lowest BCUT2D eigenvalue weighted by Gasteiger charge is -2.10. The predicted octanol–water partition coefficient (Wildman–Crippen LogP) is 3.08. The second kappa shape index (κ2) is 7.20. The van der Waals surface area contributed by atoms with Gasteiger partial charge >= 0.3 is 6.09 Å². The average Bonchev–Trinajstić information content (AvgIpc) is 2.99. The van der Waals surface area contributed by atoms with Gasteiger partial charge < -0.3 is 14.5 Å². The number of ether oxygens (including phenoxy) is 1. The molecule has 0 aliphatic rings. The number of methoxy groups -OCH3 is 1. The second-order valence-electron chi connectivity index (χ2n) is 3.86. The van der Waals surface area contributed by atoms with Crippen molar-refractivity contribution in [3.8, 4) is 0 Å². The van der Waals surface area contributed by atoms with Crippen molar-refractivity contribution < 1.29 is 13.9 Å². The van der Waals surface area contributed by atoms with Crippen LogP contribution < -0.4 is 10.6 Å². The molecule has 21 heavy (non-hydrogen) atoms. The Morgan fingerprint density at radius 1 is 1.33 bits per heavy atom. The molecule has 0 aliphatic carbocycles. The van der Waals surface area contributed by atoms with E-state index in [-0.39, 0.29) is 5.11 Å². The van der Waals surface area contributed by atoms with E-state index in [9.17, 15) is 4.79 Å². The average molecular weight is 303 g/mol. The maximum atomic E-state index is 11.1. The molecule has 2 N–H and O–H groups in total. The van der Waals surface area contributed by atoms with E-state index in [1.54, 1.807) is 30.7 Å². The highest BCUT2D eigenvalue weighted by Crippen LogP contribution is 2.24. The number of alkyl carbamates (subject to hydrolysis) is 1. The van der Waals surface area contributed by atoms with Crippen LogP contribution in [-0.2, 0) is 4.74 Å². The van der Waals surface area contributed by atoms with Gasteiger partial charge in [0.2, 0.25) is 0 Å².